The van der Waals surface area contributed by atoms with Gasteiger partial charge in [0.15, 0.2) is 0 Å². The quantitative estimate of drug-likeness (QED) is 0.788. The largest absolute Gasteiger partial charge is 0.246 e. The maximum absolute atomic E-state index is 12.8. The van der Waals surface area contributed by atoms with Crippen molar-refractivity contribution in [1.29, 1.82) is 0 Å². The van der Waals surface area contributed by atoms with Crippen molar-refractivity contribution in [2.45, 2.75) is 38.5 Å². The molecule has 120 valence electrons. The highest BCUT2D eigenvalue weighted by atomic mass is 32.2. The van der Waals surface area contributed by atoms with Crippen LogP contribution >= 0.6 is 0 Å². The van der Waals surface area contributed by atoms with Crippen molar-refractivity contribution in [1.82, 2.24) is 14.1 Å². The lowest BCUT2D eigenvalue weighted by Crippen LogP contribution is -2.32. The van der Waals surface area contributed by atoms with E-state index in [1.165, 1.54) is 4.31 Å². The zero-order valence-corrected chi connectivity index (χ0v) is 14.2. The van der Waals surface area contributed by atoms with Gasteiger partial charge in [-0.2, -0.15) is 9.40 Å². The molecule has 1 heterocycles. The highest BCUT2D eigenvalue weighted by molar-refractivity contribution is 7.89. The number of hydrogen-bond acceptors (Lipinski definition) is 3. The Morgan fingerprint density at radius 2 is 1.86 bits per heavy atom. The van der Waals surface area contributed by atoms with E-state index in [-0.39, 0.29) is 4.90 Å². The van der Waals surface area contributed by atoms with Gasteiger partial charge in [-0.1, -0.05) is 38.5 Å². The minimum Gasteiger partial charge on any atom is -0.239 e. The molecule has 5 nitrogen and oxygen atoms in total. The van der Waals surface area contributed by atoms with Crippen molar-refractivity contribution >= 4 is 10.0 Å². The number of benzene rings is 1. The van der Waals surface area contributed by atoms with Crippen LogP contribution in [0.15, 0.2) is 41.4 Å². The second-order valence-corrected chi connectivity index (χ2v) is 7.12. The normalized spacial score (nSPS) is 12.0. The van der Waals surface area contributed by atoms with E-state index in [0.29, 0.717) is 18.8 Å². The van der Waals surface area contributed by atoms with E-state index in [0.717, 1.165) is 18.5 Å². The first-order valence-corrected chi connectivity index (χ1v) is 9.06. The van der Waals surface area contributed by atoms with Gasteiger partial charge in [0, 0.05) is 13.1 Å². The molecule has 0 aliphatic heterocycles. The van der Waals surface area contributed by atoms with Gasteiger partial charge in [-0.05, 0) is 25.5 Å². The second kappa shape index (κ2) is 7.07. The molecule has 0 saturated carbocycles. The summed E-state index contributed by atoms with van der Waals surface area (Å²) in [6.07, 6.45) is 3.43. The molecule has 22 heavy (non-hydrogen) atoms. The fraction of sp³-hybridized carbons (Fsp3) is 0.438. The van der Waals surface area contributed by atoms with Crippen molar-refractivity contribution in [3.63, 3.8) is 0 Å². The summed E-state index contributed by atoms with van der Waals surface area (Å²) in [6.45, 7) is 6.67. The van der Waals surface area contributed by atoms with Gasteiger partial charge in [-0.25, -0.2) is 13.1 Å². The molecule has 1 aromatic carbocycles. The summed E-state index contributed by atoms with van der Waals surface area (Å²) in [6, 6.07) is 9.52. The highest BCUT2D eigenvalue weighted by Crippen LogP contribution is 2.21. The van der Waals surface area contributed by atoms with Crippen molar-refractivity contribution < 1.29 is 8.42 Å². The Kier molecular flexibility index (Phi) is 5.37. The summed E-state index contributed by atoms with van der Waals surface area (Å²) in [5.41, 5.74) is 1.38. The predicted octanol–water partition coefficient (Wildman–Crippen LogP) is 2.99. The zero-order valence-electron chi connectivity index (χ0n) is 13.4. The van der Waals surface area contributed by atoms with Crippen LogP contribution in [-0.2, 0) is 10.0 Å². The molecule has 0 atom stereocenters. The number of unbranched alkanes of at least 4 members (excludes halogenated alkanes) is 1. The Hall–Kier alpha value is -1.66. The molecule has 0 fully saturated rings. The molecule has 0 unspecified atom stereocenters. The number of aromatic nitrogens is 2. The van der Waals surface area contributed by atoms with Crippen LogP contribution in [0.4, 0.5) is 0 Å². The molecule has 6 heteroatoms. The minimum atomic E-state index is -3.49. The van der Waals surface area contributed by atoms with Gasteiger partial charge >= 0.3 is 0 Å². The van der Waals surface area contributed by atoms with Crippen molar-refractivity contribution in [3.05, 3.63) is 42.2 Å². The summed E-state index contributed by atoms with van der Waals surface area (Å²) in [4.78, 5) is 0.286. The van der Waals surface area contributed by atoms with Crippen LogP contribution in [-0.4, -0.2) is 35.6 Å². The predicted molar refractivity (Wildman–Crippen MR) is 87.6 cm³/mol. The topological polar surface area (TPSA) is 55.2 Å². The number of nitrogens with zero attached hydrogens (tertiary/aromatic N) is 3. The smallest absolute Gasteiger partial charge is 0.239 e. The lowest BCUT2D eigenvalue weighted by atomic mass is 10.3. The summed E-state index contributed by atoms with van der Waals surface area (Å²) < 4.78 is 28.8. The van der Waals surface area contributed by atoms with Crippen LogP contribution < -0.4 is 0 Å². The number of rotatable bonds is 7. The number of sulfonamides is 1. The molecule has 2 aromatic rings. The number of hydrogen-bond donors (Lipinski definition) is 0. The Bertz CT molecular complexity index is 708. The highest BCUT2D eigenvalue weighted by Gasteiger charge is 2.26. The van der Waals surface area contributed by atoms with Gasteiger partial charge in [-0.15, -0.1) is 0 Å². The van der Waals surface area contributed by atoms with E-state index in [1.54, 1.807) is 17.8 Å². The Morgan fingerprint density at radius 1 is 1.18 bits per heavy atom. The van der Waals surface area contributed by atoms with Crippen LogP contribution in [0.1, 0.15) is 32.4 Å². The molecule has 0 bridgehead atoms. The summed E-state index contributed by atoms with van der Waals surface area (Å²) in [5, 5.41) is 4.35. The third-order valence-corrected chi connectivity index (χ3v) is 5.68. The fourth-order valence-corrected chi connectivity index (χ4v) is 3.97. The van der Waals surface area contributed by atoms with E-state index in [4.69, 9.17) is 0 Å². The van der Waals surface area contributed by atoms with E-state index in [9.17, 15) is 8.42 Å². The lowest BCUT2D eigenvalue weighted by Gasteiger charge is -2.19. The van der Waals surface area contributed by atoms with Gasteiger partial charge in [0.1, 0.15) is 4.90 Å². The van der Waals surface area contributed by atoms with Crippen LogP contribution in [0, 0.1) is 6.92 Å². The maximum Gasteiger partial charge on any atom is 0.246 e. The lowest BCUT2D eigenvalue weighted by molar-refractivity contribution is 0.418. The summed E-state index contributed by atoms with van der Waals surface area (Å²) in [7, 11) is -3.49. The van der Waals surface area contributed by atoms with Crippen LogP contribution in [0.5, 0.6) is 0 Å². The van der Waals surface area contributed by atoms with Crippen molar-refractivity contribution in [3.8, 4) is 5.69 Å². The van der Waals surface area contributed by atoms with Crippen LogP contribution in [0.25, 0.3) is 5.69 Å². The maximum atomic E-state index is 12.8. The van der Waals surface area contributed by atoms with Gasteiger partial charge in [0.05, 0.1) is 17.6 Å². The molecular weight excluding hydrogens is 298 g/mol. The summed E-state index contributed by atoms with van der Waals surface area (Å²) in [5.74, 6) is 0. The molecule has 0 amide bonds. The number of para-hydroxylation sites is 1. The summed E-state index contributed by atoms with van der Waals surface area (Å²) >= 11 is 0. The van der Waals surface area contributed by atoms with Gasteiger partial charge in [0.2, 0.25) is 10.0 Å². The molecule has 0 spiro atoms. The molecule has 2 rings (SSSR count). The molecule has 0 saturated heterocycles. The average molecular weight is 321 g/mol. The minimum absolute atomic E-state index is 0.286. The molecule has 0 radical (unpaired) electrons. The van der Waals surface area contributed by atoms with E-state index in [1.807, 2.05) is 37.3 Å². The Balaban J connectivity index is 2.38. The molecule has 1 aromatic heterocycles. The van der Waals surface area contributed by atoms with Crippen molar-refractivity contribution in [2.75, 3.05) is 13.1 Å². The average Bonchev–Trinajstić information content (AvgIpc) is 2.91. The second-order valence-electron chi connectivity index (χ2n) is 5.21. The van der Waals surface area contributed by atoms with Crippen LogP contribution in [0.3, 0.4) is 0 Å². The molecule has 0 aliphatic rings. The third kappa shape index (κ3) is 3.39. The van der Waals surface area contributed by atoms with E-state index in [2.05, 4.69) is 12.0 Å². The number of aryl methyl sites for hydroxylation is 1. The van der Waals surface area contributed by atoms with Gasteiger partial charge in [-0.3, -0.25) is 0 Å². The molecule has 0 aliphatic carbocycles. The third-order valence-electron chi connectivity index (χ3n) is 3.61. The molecule has 0 N–H and O–H groups in total. The first-order valence-electron chi connectivity index (χ1n) is 7.62. The van der Waals surface area contributed by atoms with E-state index >= 15 is 0 Å². The first kappa shape index (κ1) is 16.7. The Labute approximate surface area is 132 Å². The SMILES string of the molecule is CCCCN(CC)S(=O)(=O)c1cn(-c2ccccc2)nc1C. The van der Waals surface area contributed by atoms with Crippen LogP contribution in [0.2, 0.25) is 0 Å². The standard InChI is InChI=1S/C16H23N3O2S/c1-4-6-12-18(5-2)22(20,21)16-13-19(17-14(16)3)15-10-8-7-9-11-15/h7-11,13H,4-6,12H2,1-3H3. The van der Waals surface area contributed by atoms with E-state index < -0.39 is 10.0 Å². The molecular formula is C16H23N3O2S. The Morgan fingerprint density at radius 3 is 2.45 bits per heavy atom. The van der Waals surface area contributed by atoms with Crippen molar-refractivity contribution in [2.24, 2.45) is 0 Å². The zero-order chi connectivity index (χ0) is 16.2. The first-order chi connectivity index (χ1) is 10.5. The van der Waals surface area contributed by atoms with Gasteiger partial charge < -0.3 is 0 Å². The fourth-order valence-electron chi connectivity index (χ4n) is 2.33. The van der Waals surface area contributed by atoms with Gasteiger partial charge in [0.25, 0.3) is 0 Å². The monoisotopic (exact) mass is 321 g/mol.